The molecule has 17 heavy (non-hydrogen) atoms. The molecule has 2 rings (SSSR count). The quantitative estimate of drug-likeness (QED) is 0.742. The van der Waals surface area contributed by atoms with Gasteiger partial charge in [0.1, 0.15) is 6.29 Å². The Hall–Kier alpha value is -1.31. The minimum absolute atomic E-state index is 0.629. The highest BCUT2D eigenvalue weighted by molar-refractivity contribution is 5.58. The fourth-order valence-corrected chi connectivity index (χ4v) is 2.57. The Kier molecular flexibility index (Phi) is 4.18. The van der Waals surface area contributed by atoms with Gasteiger partial charge in [-0.05, 0) is 44.2 Å². The molecular weight excluding hydrogens is 210 g/mol. The van der Waals surface area contributed by atoms with E-state index in [0.717, 1.165) is 25.8 Å². The van der Waals surface area contributed by atoms with Crippen molar-refractivity contribution in [3.8, 4) is 0 Å². The highest BCUT2D eigenvalue weighted by Crippen LogP contribution is 2.26. The van der Waals surface area contributed by atoms with Gasteiger partial charge >= 0.3 is 0 Å². The predicted molar refractivity (Wildman–Crippen MR) is 71.6 cm³/mol. The van der Waals surface area contributed by atoms with Gasteiger partial charge in [0.25, 0.3) is 0 Å². The molecule has 1 heterocycles. The number of carbonyl (C=O) groups excluding carboxylic acids is 1. The number of nitrogens with zero attached hydrogens (tertiary/aromatic N) is 1. The molecule has 2 heteroatoms. The summed E-state index contributed by atoms with van der Waals surface area (Å²) in [5, 5.41) is 0. The van der Waals surface area contributed by atoms with Crippen LogP contribution in [-0.2, 0) is 11.2 Å². The Labute approximate surface area is 104 Å². The van der Waals surface area contributed by atoms with Gasteiger partial charge in [0, 0.05) is 25.2 Å². The second-order valence-corrected chi connectivity index (χ2v) is 4.89. The number of carbonyl (C=O) groups is 1. The lowest BCUT2D eigenvalue weighted by Crippen LogP contribution is -2.30. The van der Waals surface area contributed by atoms with Crippen molar-refractivity contribution in [2.24, 2.45) is 0 Å². The molecule has 1 fully saturated rings. The Balaban J connectivity index is 2.20. The summed E-state index contributed by atoms with van der Waals surface area (Å²) >= 11 is 0. The normalized spacial score (nSPS) is 15.9. The van der Waals surface area contributed by atoms with E-state index in [1.807, 2.05) is 0 Å². The zero-order chi connectivity index (χ0) is 12.1. The van der Waals surface area contributed by atoms with E-state index in [4.69, 9.17) is 0 Å². The maximum absolute atomic E-state index is 10.5. The summed E-state index contributed by atoms with van der Waals surface area (Å²) < 4.78 is 0. The summed E-state index contributed by atoms with van der Waals surface area (Å²) in [6.45, 7) is 4.44. The number of benzene rings is 1. The molecule has 1 aromatic rings. The minimum Gasteiger partial charge on any atom is -0.371 e. The van der Waals surface area contributed by atoms with Gasteiger partial charge in [-0.1, -0.05) is 17.7 Å². The Bertz CT molecular complexity index is 381. The number of aryl methyl sites for hydroxylation is 2. The third-order valence-corrected chi connectivity index (χ3v) is 3.46. The van der Waals surface area contributed by atoms with Gasteiger partial charge in [-0.2, -0.15) is 0 Å². The second-order valence-electron chi connectivity index (χ2n) is 4.89. The van der Waals surface area contributed by atoms with Gasteiger partial charge < -0.3 is 9.69 Å². The van der Waals surface area contributed by atoms with Crippen LogP contribution in [0.5, 0.6) is 0 Å². The van der Waals surface area contributed by atoms with E-state index in [-0.39, 0.29) is 0 Å². The summed E-state index contributed by atoms with van der Waals surface area (Å²) in [5.74, 6) is 0. The lowest BCUT2D eigenvalue weighted by atomic mass is 10.0. The zero-order valence-electron chi connectivity index (χ0n) is 10.6. The molecule has 1 aliphatic heterocycles. The molecule has 1 aromatic carbocycles. The first kappa shape index (κ1) is 12.2. The van der Waals surface area contributed by atoms with Crippen LogP contribution in [0, 0.1) is 6.92 Å². The van der Waals surface area contributed by atoms with Crippen molar-refractivity contribution in [3.63, 3.8) is 0 Å². The summed E-state index contributed by atoms with van der Waals surface area (Å²) in [5.41, 5.74) is 3.96. The van der Waals surface area contributed by atoms with Gasteiger partial charge in [-0.15, -0.1) is 0 Å². The van der Waals surface area contributed by atoms with Crippen molar-refractivity contribution in [1.82, 2.24) is 0 Å². The molecule has 0 unspecified atom stereocenters. The lowest BCUT2D eigenvalue weighted by molar-refractivity contribution is -0.107. The van der Waals surface area contributed by atoms with Crippen LogP contribution in [0.25, 0.3) is 0 Å². The first-order chi connectivity index (χ1) is 8.31. The van der Waals surface area contributed by atoms with Gasteiger partial charge in [0.2, 0.25) is 0 Å². The number of piperidine rings is 1. The lowest BCUT2D eigenvalue weighted by Gasteiger charge is -2.30. The highest BCUT2D eigenvalue weighted by atomic mass is 16.1. The standard InChI is InChI=1S/C15H21NO/c1-13-7-8-15(14(12-13)6-5-11-17)16-9-3-2-4-10-16/h7-8,11-12H,2-6,9-10H2,1H3. The summed E-state index contributed by atoms with van der Waals surface area (Å²) in [4.78, 5) is 13.0. The van der Waals surface area contributed by atoms with Gasteiger partial charge in [-0.3, -0.25) is 0 Å². The van der Waals surface area contributed by atoms with E-state index in [1.165, 1.54) is 36.1 Å². The molecule has 0 amide bonds. The van der Waals surface area contributed by atoms with E-state index in [2.05, 4.69) is 30.0 Å². The van der Waals surface area contributed by atoms with E-state index in [0.29, 0.717) is 6.42 Å². The maximum atomic E-state index is 10.5. The minimum atomic E-state index is 0.629. The van der Waals surface area contributed by atoms with E-state index in [1.54, 1.807) is 0 Å². The number of hydrogen-bond donors (Lipinski definition) is 0. The van der Waals surface area contributed by atoms with Crippen LogP contribution in [0.15, 0.2) is 18.2 Å². The van der Waals surface area contributed by atoms with Gasteiger partial charge in [0.15, 0.2) is 0 Å². The highest BCUT2D eigenvalue weighted by Gasteiger charge is 2.14. The van der Waals surface area contributed by atoms with Crippen LogP contribution < -0.4 is 4.90 Å². The van der Waals surface area contributed by atoms with Crippen molar-refractivity contribution >= 4 is 12.0 Å². The fourth-order valence-electron chi connectivity index (χ4n) is 2.57. The molecule has 0 radical (unpaired) electrons. The zero-order valence-corrected chi connectivity index (χ0v) is 10.6. The van der Waals surface area contributed by atoms with Crippen molar-refractivity contribution in [1.29, 1.82) is 0 Å². The van der Waals surface area contributed by atoms with E-state index in [9.17, 15) is 4.79 Å². The first-order valence-electron chi connectivity index (χ1n) is 6.59. The average Bonchev–Trinajstić information content (AvgIpc) is 2.37. The van der Waals surface area contributed by atoms with Crippen LogP contribution in [0.1, 0.15) is 36.8 Å². The fraction of sp³-hybridized carbons (Fsp3) is 0.533. The van der Waals surface area contributed by atoms with Crippen LogP contribution in [0.3, 0.4) is 0 Å². The van der Waals surface area contributed by atoms with Crippen LogP contribution >= 0.6 is 0 Å². The molecular formula is C15H21NO. The monoisotopic (exact) mass is 231 g/mol. The molecule has 0 aliphatic carbocycles. The van der Waals surface area contributed by atoms with Crippen LogP contribution in [0.4, 0.5) is 5.69 Å². The molecule has 92 valence electrons. The Morgan fingerprint density at radius 3 is 2.71 bits per heavy atom. The number of hydrogen-bond acceptors (Lipinski definition) is 2. The smallest absolute Gasteiger partial charge is 0.120 e. The Morgan fingerprint density at radius 2 is 2.00 bits per heavy atom. The topological polar surface area (TPSA) is 20.3 Å². The molecule has 0 N–H and O–H groups in total. The number of rotatable bonds is 4. The Morgan fingerprint density at radius 1 is 1.24 bits per heavy atom. The largest absolute Gasteiger partial charge is 0.371 e. The van der Waals surface area contributed by atoms with E-state index >= 15 is 0 Å². The molecule has 0 atom stereocenters. The summed E-state index contributed by atoms with van der Waals surface area (Å²) in [6.07, 6.45) is 6.46. The maximum Gasteiger partial charge on any atom is 0.120 e. The molecule has 0 bridgehead atoms. The molecule has 0 aromatic heterocycles. The van der Waals surface area contributed by atoms with Gasteiger partial charge in [0.05, 0.1) is 0 Å². The number of anilines is 1. The van der Waals surface area contributed by atoms with Crippen molar-refractivity contribution in [2.75, 3.05) is 18.0 Å². The molecule has 1 saturated heterocycles. The van der Waals surface area contributed by atoms with Gasteiger partial charge in [-0.25, -0.2) is 0 Å². The van der Waals surface area contributed by atoms with Crippen molar-refractivity contribution in [3.05, 3.63) is 29.3 Å². The number of aldehydes is 1. The molecule has 0 spiro atoms. The van der Waals surface area contributed by atoms with Crippen LogP contribution in [-0.4, -0.2) is 19.4 Å². The van der Waals surface area contributed by atoms with Crippen molar-refractivity contribution in [2.45, 2.75) is 39.0 Å². The second kappa shape index (κ2) is 5.85. The SMILES string of the molecule is Cc1ccc(N2CCCCC2)c(CCC=O)c1. The summed E-state index contributed by atoms with van der Waals surface area (Å²) in [6, 6.07) is 6.63. The molecule has 2 nitrogen and oxygen atoms in total. The third-order valence-electron chi connectivity index (χ3n) is 3.46. The van der Waals surface area contributed by atoms with E-state index < -0.39 is 0 Å². The summed E-state index contributed by atoms with van der Waals surface area (Å²) in [7, 11) is 0. The molecule has 1 aliphatic rings. The predicted octanol–water partition coefficient (Wildman–Crippen LogP) is 3.12. The van der Waals surface area contributed by atoms with Crippen LogP contribution in [0.2, 0.25) is 0 Å². The third kappa shape index (κ3) is 3.09. The molecule has 0 saturated carbocycles. The first-order valence-corrected chi connectivity index (χ1v) is 6.59. The average molecular weight is 231 g/mol. The van der Waals surface area contributed by atoms with Crippen molar-refractivity contribution < 1.29 is 4.79 Å².